The maximum absolute atomic E-state index is 14.9. The van der Waals surface area contributed by atoms with Crippen LogP contribution in [0.3, 0.4) is 0 Å². The van der Waals surface area contributed by atoms with Crippen molar-refractivity contribution in [2.24, 2.45) is 0 Å². The summed E-state index contributed by atoms with van der Waals surface area (Å²) in [5.41, 5.74) is 8.52. The van der Waals surface area contributed by atoms with E-state index in [0.717, 1.165) is 38.6 Å². The van der Waals surface area contributed by atoms with Gasteiger partial charge in [0.1, 0.15) is 17.4 Å². The van der Waals surface area contributed by atoms with Gasteiger partial charge in [0.15, 0.2) is 5.60 Å². The van der Waals surface area contributed by atoms with E-state index in [2.05, 4.69) is 63.3 Å². The van der Waals surface area contributed by atoms with Crippen molar-refractivity contribution in [2.45, 2.75) is 38.7 Å². The summed E-state index contributed by atoms with van der Waals surface area (Å²) in [7, 11) is 0. The molecule has 1 atom stereocenters. The fourth-order valence-electron chi connectivity index (χ4n) is 6.55. The molecule has 0 radical (unpaired) electrons. The largest absolute Gasteiger partial charge is 0.472 e. The first-order valence-electron chi connectivity index (χ1n) is 13.3. The summed E-state index contributed by atoms with van der Waals surface area (Å²) in [4.78, 5) is 0. The van der Waals surface area contributed by atoms with E-state index in [0.29, 0.717) is 5.75 Å². The van der Waals surface area contributed by atoms with Crippen molar-refractivity contribution >= 4 is 16.8 Å². The van der Waals surface area contributed by atoms with Crippen molar-refractivity contribution in [2.75, 3.05) is 0 Å². The standard InChI is InChI=1S/C36H28F2O/c1-21-5-8-23(9-6-21)36(24-10-12-25(37)13-11-24)18-17-29-33-32(27-16-14-26(38)20-30(27)34(29)39-36)28-15-7-22(2)19-31(28)35(33,3)4/h5-20H,1-4H3. The maximum atomic E-state index is 14.9. The van der Waals surface area contributed by atoms with Crippen LogP contribution in [0.4, 0.5) is 8.78 Å². The SMILES string of the molecule is Cc1ccc(C2(c3ccc(F)cc3)C=Cc3c4c(c5ccc(F)cc5c3O2)-c2ccc(C)cc2C4(C)C)cc1. The summed E-state index contributed by atoms with van der Waals surface area (Å²) in [6, 6.07) is 26.2. The Morgan fingerprint density at radius 1 is 0.667 bits per heavy atom. The molecule has 192 valence electrons. The van der Waals surface area contributed by atoms with Crippen molar-refractivity contribution in [1.82, 2.24) is 0 Å². The van der Waals surface area contributed by atoms with Crippen LogP contribution in [0, 0.1) is 25.5 Å². The number of benzene rings is 5. The summed E-state index contributed by atoms with van der Waals surface area (Å²) in [6.45, 7) is 8.66. The average molecular weight is 515 g/mol. The van der Waals surface area contributed by atoms with Gasteiger partial charge in [-0.25, -0.2) is 8.78 Å². The molecule has 0 N–H and O–H groups in total. The molecule has 0 amide bonds. The van der Waals surface area contributed by atoms with Gasteiger partial charge in [-0.3, -0.25) is 0 Å². The van der Waals surface area contributed by atoms with Gasteiger partial charge < -0.3 is 4.74 Å². The smallest absolute Gasteiger partial charge is 0.178 e. The highest BCUT2D eigenvalue weighted by molar-refractivity contribution is 6.08. The number of rotatable bonds is 2. The third-order valence-corrected chi connectivity index (χ3v) is 8.50. The third-order valence-electron chi connectivity index (χ3n) is 8.50. The third kappa shape index (κ3) is 3.35. The molecule has 0 saturated carbocycles. The van der Waals surface area contributed by atoms with Crippen LogP contribution in [0.25, 0.3) is 28.0 Å². The van der Waals surface area contributed by atoms with Gasteiger partial charge in [0, 0.05) is 27.5 Å². The van der Waals surface area contributed by atoms with Crippen LogP contribution in [0.15, 0.2) is 91.0 Å². The molecule has 1 heterocycles. The van der Waals surface area contributed by atoms with Gasteiger partial charge >= 0.3 is 0 Å². The minimum absolute atomic E-state index is 0.281. The fourth-order valence-corrected chi connectivity index (χ4v) is 6.55. The molecule has 7 rings (SSSR count). The number of hydrogen-bond acceptors (Lipinski definition) is 1. The Labute approximate surface area is 227 Å². The van der Waals surface area contributed by atoms with E-state index in [1.54, 1.807) is 18.2 Å². The summed E-state index contributed by atoms with van der Waals surface area (Å²) < 4.78 is 36.0. The second-order valence-corrected chi connectivity index (χ2v) is 11.4. The molecule has 0 spiro atoms. The first-order chi connectivity index (χ1) is 18.7. The van der Waals surface area contributed by atoms with Crippen molar-refractivity contribution in [3.8, 4) is 16.9 Å². The molecule has 5 aromatic carbocycles. The first-order valence-corrected chi connectivity index (χ1v) is 13.3. The molecule has 1 aliphatic heterocycles. The van der Waals surface area contributed by atoms with Crippen LogP contribution in [0.2, 0.25) is 0 Å². The van der Waals surface area contributed by atoms with E-state index in [9.17, 15) is 8.78 Å². The van der Waals surface area contributed by atoms with Gasteiger partial charge in [0.05, 0.1) is 0 Å². The zero-order chi connectivity index (χ0) is 27.1. The average Bonchev–Trinajstić information content (AvgIpc) is 3.15. The van der Waals surface area contributed by atoms with E-state index in [-0.39, 0.29) is 17.0 Å². The van der Waals surface area contributed by atoms with E-state index in [1.165, 1.54) is 40.5 Å². The summed E-state index contributed by atoms with van der Waals surface area (Å²) in [6.07, 6.45) is 4.20. The number of ether oxygens (including phenoxy) is 1. The fraction of sp³-hybridized carbons (Fsp3) is 0.167. The minimum Gasteiger partial charge on any atom is -0.472 e. The van der Waals surface area contributed by atoms with Crippen LogP contribution >= 0.6 is 0 Å². The number of hydrogen-bond donors (Lipinski definition) is 0. The van der Waals surface area contributed by atoms with E-state index in [4.69, 9.17) is 4.74 Å². The van der Waals surface area contributed by atoms with Crippen LogP contribution in [0.5, 0.6) is 5.75 Å². The van der Waals surface area contributed by atoms with Crippen molar-refractivity contribution in [1.29, 1.82) is 0 Å². The maximum Gasteiger partial charge on any atom is 0.178 e. The lowest BCUT2D eigenvalue weighted by Gasteiger charge is -2.38. The quantitative estimate of drug-likeness (QED) is 0.228. The molecule has 1 unspecified atom stereocenters. The topological polar surface area (TPSA) is 9.23 Å². The first kappa shape index (κ1) is 23.8. The Bertz CT molecular complexity index is 1780. The Morgan fingerprint density at radius 3 is 2.03 bits per heavy atom. The molecule has 1 nitrogen and oxygen atoms in total. The molecule has 0 aromatic heterocycles. The van der Waals surface area contributed by atoms with Gasteiger partial charge in [-0.15, -0.1) is 0 Å². The van der Waals surface area contributed by atoms with Crippen LogP contribution in [-0.2, 0) is 11.0 Å². The van der Waals surface area contributed by atoms with E-state index < -0.39 is 5.60 Å². The normalized spacial score (nSPS) is 18.4. The summed E-state index contributed by atoms with van der Waals surface area (Å²) in [5.74, 6) is 0.0262. The molecular formula is C36H28F2O. The van der Waals surface area contributed by atoms with Crippen molar-refractivity contribution in [3.63, 3.8) is 0 Å². The van der Waals surface area contributed by atoms with E-state index >= 15 is 0 Å². The molecule has 39 heavy (non-hydrogen) atoms. The second-order valence-electron chi connectivity index (χ2n) is 11.4. The van der Waals surface area contributed by atoms with Gasteiger partial charge in [0.2, 0.25) is 0 Å². The lowest BCUT2D eigenvalue weighted by Crippen LogP contribution is -2.35. The highest BCUT2D eigenvalue weighted by Gasteiger charge is 2.44. The molecule has 0 bridgehead atoms. The number of halogens is 2. The highest BCUT2D eigenvalue weighted by Crippen LogP contribution is 2.58. The van der Waals surface area contributed by atoms with Crippen LogP contribution in [0.1, 0.15) is 52.8 Å². The number of aryl methyl sites for hydroxylation is 2. The van der Waals surface area contributed by atoms with Crippen LogP contribution in [-0.4, -0.2) is 0 Å². The molecule has 0 saturated heterocycles. The predicted octanol–water partition coefficient (Wildman–Crippen LogP) is 9.39. The highest BCUT2D eigenvalue weighted by atomic mass is 19.1. The minimum atomic E-state index is -1.01. The number of fused-ring (bicyclic) bond motifs is 8. The molecule has 0 fully saturated rings. The molecule has 5 aromatic rings. The second kappa shape index (κ2) is 8.13. The van der Waals surface area contributed by atoms with Gasteiger partial charge in [0.25, 0.3) is 0 Å². The van der Waals surface area contributed by atoms with Gasteiger partial charge in [-0.2, -0.15) is 0 Å². The molecule has 1 aliphatic carbocycles. The molecule has 3 heteroatoms. The lowest BCUT2D eigenvalue weighted by atomic mass is 9.76. The van der Waals surface area contributed by atoms with Gasteiger partial charge in [-0.05, 0) is 71.8 Å². The Hall–Kier alpha value is -4.24. The Balaban J connectivity index is 1.57. The van der Waals surface area contributed by atoms with Crippen LogP contribution < -0.4 is 4.74 Å². The van der Waals surface area contributed by atoms with Crippen molar-refractivity contribution < 1.29 is 13.5 Å². The molecule has 2 aliphatic rings. The Kier molecular flexibility index (Phi) is 4.97. The van der Waals surface area contributed by atoms with Crippen molar-refractivity contribution in [3.05, 3.63) is 142 Å². The lowest BCUT2D eigenvalue weighted by molar-refractivity contribution is 0.163. The zero-order valence-corrected chi connectivity index (χ0v) is 22.4. The van der Waals surface area contributed by atoms with Gasteiger partial charge in [-0.1, -0.05) is 91.7 Å². The summed E-state index contributed by atoms with van der Waals surface area (Å²) >= 11 is 0. The Morgan fingerprint density at radius 2 is 1.31 bits per heavy atom. The van der Waals surface area contributed by atoms with E-state index in [1.807, 2.05) is 25.1 Å². The summed E-state index contributed by atoms with van der Waals surface area (Å²) in [5, 5.41) is 1.70. The zero-order valence-electron chi connectivity index (χ0n) is 22.4. The predicted molar refractivity (Wildman–Crippen MR) is 154 cm³/mol. The molecular weight excluding hydrogens is 486 g/mol. The monoisotopic (exact) mass is 514 g/mol.